The third-order valence-corrected chi connectivity index (χ3v) is 3.87. The van der Waals surface area contributed by atoms with Crippen LogP contribution >= 0.6 is 23.4 Å². The van der Waals surface area contributed by atoms with Gasteiger partial charge in [0.1, 0.15) is 0 Å². The summed E-state index contributed by atoms with van der Waals surface area (Å²) in [6.45, 7) is 0. The minimum absolute atomic E-state index is 0.00135. The van der Waals surface area contributed by atoms with Crippen LogP contribution in [0.3, 0.4) is 0 Å². The van der Waals surface area contributed by atoms with Crippen LogP contribution in [0.25, 0.3) is 0 Å². The summed E-state index contributed by atoms with van der Waals surface area (Å²) in [5.41, 5.74) is 0.118. The molecule has 0 aliphatic rings. The second-order valence-corrected chi connectivity index (χ2v) is 5.64. The average molecular weight is 310 g/mol. The second-order valence-electron chi connectivity index (χ2n) is 4.06. The molecular formula is C15H13ClFNOS. The van der Waals surface area contributed by atoms with Gasteiger partial charge < -0.3 is 5.32 Å². The third kappa shape index (κ3) is 4.25. The third-order valence-electron chi connectivity index (χ3n) is 2.57. The number of hydrogen-bond acceptors (Lipinski definition) is 2. The predicted octanol–water partition coefficient (Wildman–Crippen LogP) is 4.60. The van der Waals surface area contributed by atoms with E-state index in [-0.39, 0.29) is 16.6 Å². The molecular weight excluding hydrogens is 297 g/mol. The van der Waals surface area contributed by atoms with Gasteiger partial charge in [0.25, 0.3) is 0 Å². The second kappa shape index (κ2) is 7.31. The van der Waals surface area contributed by atoms with E-state index < -0.39 is 5.82 Å². The van der Waals surface area contributed by atoms with Crippen molar-refractivity contribution in [2.75, 3.05) is 11.1 Å². The molecule has 0 aliphatic heterocycles. The fraction of sp³-hybridized carbons (Fsp3) is 0.133. The number of anilines is 1. The van der Waals surface area contributed by atoms with Crippen molar-refractivity contribution in [1.29, 1.82) is 0 Å². The molecule has 2 nitrogen and oxygen atoms in total. The Morgan fingerprint density at radius 1 is 1.15 bits per heavy atom. The fourth-order valence-electron chi connectivity index (χ4n) is 1.59. The monoisotopic (exact) mass is 309 g/mol. The molecule has 0 heterocycles. The Bertz CT molecular complexity index is 592. The molecule has 1 N–H and O–H groups in total. The largest absolute Gasteiger partial charge is 0.324 e. The lowest BCUT2D eigenvalue weighted by Crippen LogP contribution is -2.13. The van der Waals surface area contributed by atoms with E-state index in [9.17, 15) is 9.18 Å². The maximum absolute atomic E-state index is 13.6. The zero-order valence-electron chi connectivity index (χ0n) is 10.6. The number of carbonyl (C=O) groups is 1. The van der Waals surface area contributed by atoms with Crippen LogP contribution < -0.4 is 5.32 Å². The Hall–Kier alpha value is -1.52. The first-order valence-electron chi connectivity index (χ1n) is 6.08. The molecule has 20 heavy (non-hydrogen) atoms. The lowest BCUT2D eigenvalue weighted by Gasteiger charge is -2.07. The topological polar surface area (TPSA) is 29.1 Å². The summed E-state index contributed by atoms with van der Waals surface area (Å²) in [7, 11) is 0. The van der Waals surface area contributed by atoms with E-state index in [1.165, 1.54) is 12.1 Å². The SMILES string of the molecule is O=C(CCSc1ccccc1)Nc1cccc(Cl)c1F. The summed E-state index contributed by atoms with van der Waals surface area (Å²) in [5.74, 6) is -0.189. The Morgan fingerprint density at radius 3 is 2.65 bits per heavy atom. The van der Waals surface area contributed by atoms with Crippen LogP contribution in [0.5, 0.6) is 0 Å². The number of carbonyl (C=O) groups excluding carboxylic acids is 1. The number of thioether (sulfide) groups is 1. The molecule has 0 aromatic heterocycles. The van der Waals surface area contributed by atoms with E-state index in [0.29, 0.717) is 12.2 Å². The van der Waals surface area contributed by atoms with Gasteiger partial charge in [0.05, 0.1) is 10.7 Å². The molecule has 104 valence electrons. The van der Waals surface area contributed by atoms with Gasteiger partial charge >= 0.3 is 0 Å². The van der Waals surface area contributed by atoms with Crippen LogP contribution in [0.2, 0.25) is 5.02 Å². The van der Waals surface area contributed by atoms with Crippen molar-refractivity contribution >= 4 is 35.0 Å². The number of halogens is 2. The normalized spacial score (nSPS) is 10.3. The summed E-state index contributed by atoms with van der Waals surface area (Å²) < 4.78 is 13.6. The van der Waals surface area contributed by atoms with Crippen LogP contribution in [0.1, 0.15) is 6.42 Å². The highest BCUT2D eigenvalue weighted by atomic mass is 35.5. The van der Waals surface area contributed by atoms with Gasteiger partial charge in [-0.2, -0.15) is 0 Å². The Morgan fingerprint density at radius 2 is 1.90 bits per heavy atom. The van der Waals surface area contributed by atoms with E-state index in [0.717, 1.165) is 4.90 Å². The van der Waals surface area contributed by atoms with Crippen molar-refractivity contribution < 1.29 is 9.18 Å². The lowest BCUT2D eigenvalue weighted by molar-refractivity contribution is -0.115. The molecule has 0 spiro atoms. The Balaban J connectivity index is 1.82. The highest BCUT2D eigenvalue weighted by molar-refractivity contribution is 7.99. The number of hydrogen-bond donors (Lipinski definition) is 1. The predicted molar refractivity (Wildman–Crippen MR) is 81.8 cm³/mol. The van der Waals surface area contributed by atoms with Crippen molar-refractivity contribution in [2.24, 2.45) is 0 Å². The van der Waals surface area contributed by atoms with Gasteiger partial charge in [-0.05, 0) is 24.3 Å². The van der Waals surface area contributed by atoms with Gasteiger partial charge in [-0.1, -0.05) is 35.9 Å². The maximum Gasteiger partial charge on any atom is 0.225 e. The van der Waals surface area contributed by atoms with Crippen LogP contribution in [-0.4, -0.2) is 11.7 Å². The van der Waals surface area contributed by atoms with Gasteiger partial charge in [-0.25, -0.2) is 4.39 Å². The molecule has 5 heteroatoms. The van der Waals surface area contributed by atoms with Crippen LogP contribution in [0.4, 0.5) is 10.1 Å². The molecule has 0 unspecified atom stereocenters. The van der Waals surface area contributed by atoms with Crippen molar-refractivity contribution in [2.45, 2.75) is 11.3 Å². The zero-order chi connectivity index (χ0) is 14.4. The molecule has 2 aromatic carbocycles. The number of rotatable bonds is 5. The van der Waals surface area contributed by atoms with E-state index in [1.807, 2.05) is 30.3 Å². The molecule has 0 saturated carbocycles. The van der Waals surface area contributed by atoms with Crippen LogP contribution in [0, 0.1) is 5.82 Å². The average Bonchev–Trinajstić information content (AvgIpc) is 2.45. The first kappa shape index (κ1) is 14.9. The Labute approximate surface area is 126 Å². The van der Waals surface area contributed by atoms with Crippen molar-refractivity contribution in [1.82, 2.24) is 0 Å². The zero-order valence-corrected chi connectivity index (χ0v) is 12.2. The molecule has 1 amide bonds. The number of benzene rings is 2. The van der Waals surface area contributed by atoms with Gasteiger partial charge in [-0.15, -0.1) is 11.8 Å². The standard InChI is InChI=1S/C15H13ClFNOS/c16-12-7-4-8-13(15(12)17)18-14(19)9-10-20-11-5-2-1-3-6-11/h1-8H,9-10H2,(H,18,19). The first-order valence-corrected chi connectivity index (χ1v) is 7.45. The summed E-state index contributed by atoms with van der Waals surface area (Å²) in [5, 5.41) is 2.53. The fourth-order valence-corrected chi connectivity index (χ4v) is 2.64. The Kier molecular flexibility index (Phi) is 5.44. The highest BCUT2D eigenvalue weighted by Gasteiger charge is 2.09. The molecule has 2 rings (SSSR count). The van der Waals surface area contributed by atoms with E-state index in [1.54, 1.807) is 17.8 Å². The lowest BCUT2D eigenvalue weighted by atomic mass is 10.3. The maximum atomic E-state index is 13.6. The molecule has 0 bridgehead atoms. The van der Waals surface area contributed by atoms with E-state index in [4.69, 9.17) is 11.6 Å². The van der Waals surface area contributed by atoms with E-state index >= 15 is 0 Å². The molecule has 0 atom stereocenters. The quantitative estimate of drug-likeness (QED) is 0.818. The highest BCUT2D eigenvalue weighted by Crippen LogP contribution is 2.22. The molecule has 0 radical (unpaired) electrons. The smallest absolute Gasteiger partial charge is 0.225 e. The van der Waals surface area contributed by atoms with Crippen molar-refractivity contribution in [3.05, 3.63) is 59.4 Å². The van der Waals surface area contributed by atoms with Gasteiger partial charge in [-0.3, -0.25) is 4.79 Å². The minimum Gasteiger partial charge on any atom is -0.324 e. The first-order chi connectivity index (χ1) is 9.66. The number of amides is 1. The van der Waals surface area contributed by atoms with Crippen LogP contribution in [-0.2, 0) is 4.79 Å². The minimum atomic E-state index is -0.599. The summed E-state index contributed by atoms with van der Waals surface area (Å²) in [6.07, 6.45) is 0.311. The summed E-state index contributed by atoms with van der Waals surface area (Å²) >= 11 is 7.24. The van der Waals surface area contributed by atoms with Gasteiger partial charge in [0.15, 0.2) is 5.82 Å². The van der Waals surface area contributed by atoms with Gasteiger partial charge in [0.2, 0.25) is 5.91 Å². The molecule has 0 aliphatic carbocycles. The summed E-state index contributed by atoms with van der Waals surface area (Å²) in [6, 6.07) is 14.3. The van der Waals surface area contributed by atoms with Crippen molar-refractivity contribution in [3.63, 3.8) is 0 Å². The van der Waals surface area contributed by atoms with Crippen LogP contribution in [0.15, 0.2) is 53.4 Å². The van der Waals surface area contributed by atoms with Gasteiger partial charge in [0, 0.05) is 17.1 Å². The summed E-state index contributed by atoms with van der Waals surface area (Å²) in [4.78, 5) is 12.8. The van der Waals surface area contributed by atoms with Crippen molar-refractivity contribution in [3.8, 4) is 0 Å². The molecule has 2 aromatic rings. The molecule has 0 saturated heterocycles. The van der Waals surface area contributed by atoms with E-state index in [2.05, 4.69) is 5.32 Å². The number of nitrogens with one attached hydrogen (secondary N) is 1. The molecule has 0 fully saturated rings.